The van der Waals surface area contributed by atoms with Crippen LogP contribution >= 0.6 is 0 Å². The van der Waals surface area contributed by atoms with Crippen molar-refractivity contribution >= 4 is 21.6 Å². The average molecular weight is 377 g/mol. The number of hydrogen-bond acceptors (Lipinski definition) is 4. The summed E-state index contributed by atoms with van der Waals surface area (Å²) in [6.45, 7) is 4.05. The Hall–Kier alpha value is -2.32. The molecule has 0 fully saturated rings. The summed E-state index contributed by atoms with van der Waals surface area (Å²) >= 11 is 0. The maximum absolute atomic E-state index is 12.7. The third-order valence-electron chi connectivity index (χ3n) is 4.45. The van der Waals surface area contributed by atoms with Crippen molar-refractivity contribution in [3.05, 3.63) is 47.8 Å². The van der Waals surface area contributed by atoms with Crippen molar-refractivity contribution in [3.63, 3.8) is 0 Å². The smallest absolute Gasteiger partial charge is 0.270 e. The molecule has 0 saturated carbocycles. The van der Waals surface area contributed by atoms with Crippen LogP contribution in [-0.4, -0.2) is 50.6 Å². The lowest BCUT2D eigenvalue weighted by Crippen LogP contribution is -2.41. The molecule has 1 aliphatic rings. The predicted molar refractivity (Wildman–Crippen MR) is 98.8 cm³/mol. The maximum Gasteiger partial charge on any atom is 0.270 e. The fourth-order valence-corrected chi connectivity index (χ4v) is 4.06. The highest BCUT2D eigenvalue weighted by Crippen LogP contribution is 2.22. The Labute approximate surface area is 153 Å². The minimum absolute atomic E-state index is 0.0938. The van der Waals surface area contributed by atoms with Crippen molar-refractivity contribution in [1.29, 1.82) is 0 Å². The van der Waals surface area contributed by atoms with Crippen molar-refractivity contribution < 1.29 is 17.9 Å². The molecule has 8 heteroatoms. The Balaban J connectivity index is 1.83. The quantitative estimate of drug-likeness (QED) is 0.800. The summed E-state index contributed by atoms with van der Waals surface area (Å²) in [5.74, 6) is -0.178. The van der Waals surface area contributed by atoms with Crippen LogP contribution in [0.25, 0.3) is 0 Å². The molecule has 0 bridgehead atoms. The van der Waals surface area contributed by atoms with Crippen LogP contribution in [0.3, 0.4) is 0 Å². The summed E-state index contributed by atoms with van der Waals surface area (Å²) < 4.78 is 34.7. The number of aromatic nitrogens is 1. The molecule has 26 heavy (non-hydrogen) atoms. The standard InChI is InChI=1S/C18H23N3O4S/c1-3-14-5-4-6-15(11-14)19-26(23,24)16-12-17-18(22)20(9-10-25-2)7-8-21(17)13-16/h4-6,11-13,19H,3,7-10H2,1-2H3. The Morgan fingerprint density at radius 3 is 2.77 bits per heavy atom. The van der Waals surface area contributed by atoms with Crippen molar-refractivity contribution in [2.75, 3.05) is 31.5 Å². The minimum atomic E-state index is -3.76. The van der Waals surface area contributed by atoms with Gasteiger partial charge in [-0.1, -0.05) is 19.1 Å². The molecule has 0 radical (unpaired) electrons. The van der Waals surface area contributed by atoms with Gasteiger partial charge in [0.2, 0.25) is 0 Å². The zero-order chi connectivity index (χ0) is 18.7. The van der Waals surface area contributed by atoms with Crippen molar-refractivity contribution in [1.82, 2.24) is 9.47 Å². The molecule has 0 unspecified atom stereocenters. The highest BCUT2D eigenvalue weighted by atomic mass is 32.2. The average Bonchev–Trinajstić information content (AvgIpc) is 3.07. The first-order valence-corrected chi connectivity index (χ1v) is 10.0. The number of carbonyl (C=O) groups excluding carboxylic acids is 1. The van der Waals surface area contributed by atoms with Gasteiger partial charge in [-0.15, -0.1) is 0 Å². The van der Waals surface area contributed by atoms with Gasteiger partial charge in [0.15, 0.2) is 0 Å². The van der Waals surface area contributed by atoms with Gasteiger partial charge in [-0.2, -0.15) is 0 Å². The number of rotatable bonds is 7. The van der Waals surface area contributed by atoms with E-state index in [0.29, 0.717) is 37.6 Å². The van der Waals surface area contributed by atoms with Gasteiger partial charge >= 0.3 is 0 Å². The van der Waals surface area contributed by atoms with E-state index in [9.17, 15) is 13.2 Å². The number of amides is 1. The molecule has 2 heterocycles. The van der Waals surface area contributed by atoms with Gasteiger partial charge in [-0.05, 0) is 30.2 Å². The maximum atomic E-state index is 12.7. The summed E-state index contributed by atoms with van der Waals surface area (Å²) in [5, 5.41) is 0. The lowest BCUT2D eigenvalue weighted by Gasteiger charge is -2.27. The van der Waals surface area contributed by atoms with Gasteiger partial charge in [-0.25, -0.2) is 8.42 Å². The molecular weight excluding hydrogens is 354 g/mol. The molecule has 140 valence electrons. The molecule has 1 amide bonds. The van der Waals surface area contributed by atoms with Crippen LogP contribution < -0.4 is 4.72 Å². The van der Waals surface area contributed by atoms with Crippen LogP contribution in [0, 0.1) is 0 Å². The third-order valence-corrected chi connectivity index (χ3v) is 5.80. The molecule has 0 aliphatic carbocycles. The first-order chi connectivity index (χ1) is 12.4. The molecule has 1 N–H and O–H groups in total. The van der Waals surface area contributed by atoms with Gasteiger partial charge in [0.25, 0.3) is 15.9 Å². The fraction of sp³-hybridized carbons (Fsp3) is 0.389. The van der Waals surface area contributed by atoms with Crippen molar-refractivity contribution in [2.45, 2.75) is 24.8 Å². The predicted octanol–water partition coefficient (Wildman–Crippen LogP) is 1.95. The fourth-order valence-electron chi connectivity index (χ4n) is 2.97. The second kappa shape index (κ2) is 7.51. The number of anilines is 1. The molecule has 3 rings (SSSR count). The van der Waals surface area contributed by atoms with E-state index in [1.807, 2.05) is 25.1 Å². The zero-order valence-electron chi connectivity index (χ0n) is 14.9. The lowest BCUT2D eigenvalue weighted by atomic mass is 10.1. The second-order valence-electron chi connectivity index (χ2n) is 6.20. The van der Waals surface area contributed by atoms with E-state index in [-0.39, 0.29) is 10.8 Å². The van der Waals surface area contributed by atoms with Gasteiger partial charge in [0.1, 0.15) is 10.6 Å². The number of carbonyl (C=O) groups is 1. The number of aryl methyl sites for hydroxylation is 1. The Bertz CT molecular complexity index is 905. The molecule has 1 aromatic carbocycles. The SMILES string of the molecule is CCc1cccc(NS(=O)(=O)c2cc3n(c2)CCN(CCOC)C3=O)c1. The van der Waals surface area contributed by atoms with Gasteiger partial charge in [0, 0.05) is 38.6 Å². The number of sulfonamides is 1. The number of ether oxygens (including phenoxy) is 1. The van der Waals surface area contributed by atoms with Crippen LogP contribution in [-0.2, 0) is 27.7 Å². The first-order valence-electron chi connectivity index (χ1n) is 8.54. The molecule has 1 aromatic heterocycles. The number of nitrogens with zero attached hydrogens (tertiary/aromatic N) is 2. The van der Waals surface area contributed by atoms with Gasteiger partial charge in [0.05, 0.1) is 6.61 Å². The highest BCUT2D eigenvalue weighted by molar-refractivity contribution is 7.92. The third kappa shape index (κ3) is 3.76. The number of methoxy groups -OCH3 is 1. The van der Waals surface area contributed by atoms with E-state index >= 15 is 0 Å². The molecule has 1 aliphatic heterocycles. The summed E-state index contributed by atoms with van der Waals surface area (Å²) in [6.07, 6.45) is 2.34. The largest absolute Gasteiger partial charge is 0.383 e. The van der Waals surface area contributed by atoms with E-state index in [1.54, 1.807) is 22.6 Å². The van der Waals surface area contributed by atoms with Crippen LogP contribution in [0.1, 0.15) is 23.0 Å². The molecule has 2 aromatic rings. The highest BCUT2D eigenvalue weighted by Gasteiger charge is 2.28. The van der Waals surface area contributed by atoms with Crippen LogP contribution in [0.5, 0.6) is 0 Å². The molecule has 7 nitrogen and oxygen atoms in total. The van der Waals surface area contributed by atoms with Gasteiger partial charge in [-0.3, -0.25) is 9.52 Å². The topological polar surface area (TPSA) is 80.6 Å². The molecular formula is C18H23N3O4S. The van der Waals surface area contributed by atoms with Crippen LogP contribution in [0.2, 0.25) is 0 Å². The van der Waals surface area contributed by atoms with Crippen LogP contribution in [0.15, 0.2) is 41.4 Å². The number of fused-ring (bicyclic) bond motifs is 1. The molecule has 0 spiro atoms. The molecule has 0 atom stereocenters. The van der Waals surface area contributed by atoms with Gasteiger partial charge < -0.3 is 14.2 Å². The van der Waals surface area contributed by atoms with E-state index in [0.717, 1.165) is 12.0 Å². The number of benzene rings is 1. The summed E-state index contributed by atoms with van der Waals surface area (Å²) in [6, 6.07) is 8.73. The Kier molecular flexibility index (Phi) is 5.33. The van der Waals surface area contributed by atoms with E-state index < -0.39 is 10.0 Å². The first kappa shape index (κ1) is 18.5. The lowest BCUT2D eigenvalue weighted by molar-refractivity contribution is 0.0641. The van der Waals surface area contributed by atoms with E-state index in [4.69, 9.17) is 4.74 Å². The van der Waals surface area contributed by atoms with E-state index in [2.05, 4.69) is 4.72 Å². The van der Waals surface area contributed by atoms with Crippen molar-refractivity contribution in [3.8, 4) is 0 Å². The van der Waals surface area contributed by atoms with E-state index in [1.165, 1.54) is 12.3 Å². The zero-order valence-corrected chi connectivity index (χ0v) is 15.8. The second-order valence-corrected chi connectivity index (χ2v) is 7.88. The Morgan fingerprint density at radius 2 is 2.04 bits per heavy atom. The summed E-state index contributed by atoms with van der Waals surface area (Å²) in [7, 11) is -2.17. The normalized spacial score (nSPS) is 14.4. The minimum Gasteiger partial charge on any atom is -0.383 e. The summed E-state index contributed by atoms with van der Waals surface area (Å²) in [5.41, 5.74) is 1.95. The van der Waals surface area contributed by atoms with Crippen molar-refractivity contribution in [2.24, 2.45) is 0 Å². The number of hydrogen-bond donors (Lipinski definition) is 1. The molecule has 0 saturated heterocycles. The monoisotopic (exact) mass is 377 g/mol. The summed E-state index contributed by atoms with van der Waals surface area (Å²) in [4.78, 5) is 14.3. The van der Waals surface area contributed by atoms with Crippen LogP contribution in [0.4, 0.5) is 5.69 Å². The number of nitrogens with one attached hydrogen (secondary N) is 1. The Morgan fingerprint density at radius 1 is 1.23 bits per heavy atom.